The van der Waals surface area contributed by atoms with Gasteiger partial charge in [-0.05, 0) is 24.1 Å². The molecule has 6 nitrogen and oxygen atoms in total. The monoisotopic (exact) mass is 290 g/mol. The van der Waals surface area contributed by atoms with Crippen molar-refractivity contribution in [1.29, 1.82) is 0 Å². The second-order valence-corrected chi connectivity index (χ2v) is 4.50. The first kappa shape index (κ1) is 12.8. The summed E-state index contributed by atoms with van der Waals surface area (Å²) >= 11 is 5.91. The van der Waals surface area contributed by atoms with E-state index in [1.54, 1.807) is 6.07 Å². The van der Waals surface area contributed by atoms with Gasteiger partial charge in [0.15, 0.2) is 0 Å². The molecule has 2 aromatic heterocycles. The van der Waals surface area contributed by atoms with Crippen LogP contribution in [0.2, 0.25) is 5.15 Å². The van der Waals surface area contributed by atoms with Gasteiger partial charge >= 0.3 is 0 Å². The zero-order valence-corrected chi connectivity index (χ0v) is 11.2. The molecule has 0 aliphatic heterocycles. The molecule has 7 heteroatoms. The van der Waals surface area contributed by atoms with Crippen LogP contribution in [0.4, 0.5) is 0 Å². The van der Waals surface area contributed by atoms with Gasteiger partial charge < -0.3 is 9.84 Å². The van der Waals surface area contributed by atoms with E-state index in [4.69, 9.17) is 21.4 Å². The molecule has 1 aromatic carbocycles. The molecule has 0 fully saturated rings. The molecule has 102 valence electrons. The van der Waals surface area contributed by atoms with Crippen LogP contribution in [0.1, 0.15) is 5.56 Å². The Morgan fingerprint density at radius 2 is 2.05 bits per heavy atom. The number of hydrogen-bond acceptors (Lipinski definition) is 5. The van der Waals surface area contributed by atoms with Crippen molar-refractivity contribution in [3.05, 3.63) is 47.4 Å². The molecule has 0 unspecified atom stereocenters. The maximum Gasteiger partial charge on any atom is 0.256 e. The van der Waals surface area contributed by atoms with E-state index in [0.717, 1.165) is 5.56 Å². The van der Waals surface area contributed by atoms with E-state index >= 15 is 0 Å². The molecule has 1 N–H and O–H groups in total. The maximum absolute atomic E-state index is 8.88. The van der Waals surface area contributed by atoms with Crippen molar-refractivity contribution in [1.82, 2.24) is 19.6 Å². The number of nitrogens with zero attached hydrogens (tertiary/aromatic N) is 4. The van der Waals surface area contributed by atoms with Gasteiger partial charge in [0, 0.05) is 12.7 Å². The van der Waals surface area contributed by atoms with Crippen LogP contribution in [0.25, 0.3) is 5.78 Å². The van der Waals surface area contributed by atoms with E-state index in [2.05, 4.69) is 15.1 Å². The lowest BCUT2D eigenvalue weighted by molar-refractivity contribution is 0.299. The minimum atomic E-state index is 0.125. The number of fused-ring (bicyclic) bond motifs is 1. The van der Waals surface area contributed by atoms with Crippen LogP contribution in [0.3, 0.4) is 0 Å². The summed E-state index contributed by atoms with van der Waals surface area (Å²) in [5.41, 5.74) is 1.04. The van der Waals surface area contributed by atoms with Crippen LogP contribution in [0.5, 0.6) is 11.6 Å². The SMILES string of the molecule is OCCc1ccc(Oc2cc(Cl)nc3ncnn23)cc1. The molecular formula is C13H11ClN4O2. The van der Waals surface area contributed by atoms with E-state index < -0.39 is 0 Å². The van der Waals surface area contributed by atoms with Crippen molar-refractivity contribution in [3.8, 4) is 11.6 Å². The number of halogens is 1. The number of benzene rings is 1. The minimum Gasteiger partial charge on any atom is -0.439 e. The topological polar surface area (TPSA) is 72.5 Å². The zero-order valence-electron chi connectivity index (χ0n) is 10.4. The molecule has 0 bridgehead atoms. The quantitative estimate of drug-likeness (QED) is 0.745. The zero-order chi connectivity index (χ0) is 13.9. The van der Waals surface area contributed by atoms with Gasteiger partial charge in [0.25, 0.3) is 5.78 Å². The highest BCUT2D eigenvalue weighted by Gasteiger charge is 2.08. The highest BCUT2D eigenvalue weighted by atomic mass is 35.5. The number of ether oxygens (including phenoxy) is 1. The third-order valence-corrected chi connectivity index (χ3v) is 2.93. The molecule has 0 atom stereocenters. The van der Waals surface area contributed by atoms with Crippen LogP contribution in [0, 0.1) is 0 Å². The Morgan fingerprint density at radius 1 is 1.25 bits per heavy atom. The number of aliphatic hydroxyl groups excluding tert-OH is 1. The van der Waals surface area contributed by atoms with Gasteiger partial charge in [-0.15, -0.1) is 0 Å². The standard InChI is InChI=1S/C13H11ClN4O2/c14-11-7-12(18-13(17-11)15-8-16-18)20-10-3-1-9(2-4-10)5-6-19/h1-4,7-8,19H,5-6H2. The normalized spacial score (nSPS) is 10.9. The fraction of sp³-hybridized carbons (Fsp3) is 0.154. The number of hydrogen-bond donors (Lipinski definition) is 1. The van der Waals surface area contributed by atoms with Crippen LogP contribution in [0.15, 0.2) is 36.7 Å². The van der Waals surface area contributed by atoms with Gasteiger partial charge in [0.1, 0.15) is 17.2 Å². The van der Waals surface area contributed by atoms with E-state index in [9.17, 15) is 0 Å². The third kappa shape index (κ3) is 2.56. The van der Waals surface area contributed by atoms with Crippen LogP contribution in [-0.2, 0) is 6.42 Å². The summed E-state index contributed by atoms with van der Waals surface area (Å²) in [6, 6.07) is 9.01. The molecule has 0 aliphatic carbocycles. The molecule has 20 heavy (non-hydrogen) atoms. The van der Waals surface area contributed by atoms with Crippen LogP contribution >= 0.6 is 11.6 Å². The Balaban J connectivity index is 1.90. The van der Waals surface area contributed by atoms with E-state index in [1.807, 2.05) is 24.3 Å². The summed E-state index contributed by atoms with van der Waals surface area (Å²) in [5, 5.41) is 13.2. The molecule has 3 rings (SSSR count). The third-order valence-electron chi connectivity index (χ3n) is 2.73. The largest absolute Gasteiger partial charge is 0.439 e. The molecule has 0 amide bonds. The van der Waals surface area contributed by atoms with Crippen molar-refractivity contribution in [2.24, 2.45) is 0 Å². The predicted molar refractivity (Wildman–Crippen MR) is 73.1 cm³/mol. The van der Waals surface area contributed by atoms with Crippen molar-refractivity contribution in [2.45, 2.75) is 6.42 Å². The Morgan fingerprint density at radius 3 is 2.80 bits per heavy atom. The van der Waals surface area contributed by atoms with Crippen molar-refractivity contribution in [2.75, 3.05) is 6.61 Å². The first-order valence-corrected chi connectivity index (χ1v) is 6.38. The second kappa shape index (κ2) is 5.44. The fourth-order valence-electron chi connectivity index (χ4n) is 1.80. The summed E-state index contributed by atoms with van der Waals surface area (Å²) in [5.74, 6) is 1.46. The van der Waals surface area contributed by atoms with Gasteiger partial charge in [-0.3, -0.25) is 0 Å². The van der Waals surface area contributed by atoms with Gasteiger partial charge in [-0.2, -0.15) is 19.6 Å². The van der Waals surface area contributed by atoms with Gasteiger partial charge in [0.05, 0.1) is 0 Å². The average molecular weight is 291 g/mol. The fourth-order valence-corrected chi connectivity index (χ4v) is 1.97. The second-order valence-electron chi connectivity index (χ2n) is 4.11. The average Bonchev–Trinajstić information content (AvgIpc) is 2.89. The summed E-state index contributed by atoms with van der Waals surface area (Å²) in [6.45, 7) is 0.125. The molecule has 3 aromatic rings. The lowest BCUT2D eigenvalue weighted by atomic mass is 10.1. The maximum atomic E-state index is 8.88. The van der Waals surface area contributed by atoms with Crippen molar-refractivity contribution < 1.29 is 9.84 Å². The van der Waals surface area contributed by atoms with E-state index in [0.29, 0.717) is 23.8 Å². The summed E-state index contributed by atoms with van der Waals surface area (Å²) in [4.78, 5) is 7.99. The first-order chi connectivity index (χ1) is 9.76. The predicted octanol–water partition coefficient (Wildman–Crippen LogP) is 2.10. The molecule has 0 spiro atoms. The smallest absolute Gasteiger partial charge is 0.256 e. The van der Waals surface area contributed by atoms with Gasteiger partial charge in [-0.25, -0.2) is 0 Å². The number of rotatable bonds is 4. The van der Waals surface area contributed by atoms with Gasteiger partial charge in [0.2, 0.25) is 5.88 Å². The number of aromatic nitrogens is 4. The van der Waals surface area contributed by atoms with Crippen LogP contribution < -0.4 is 4.74 Å². The molecule has 2 heterocycles. The Labute approximate surface area is 119 Å². The molecule has 0 radical (unpaired) electrons. The molecule has 0 aliphatic rings. The minimum absolute atomic E-state index is 0.125. The lowest BCUT2D eigenvalue weighted by Crippen LogP contribution is -1.98. The lowest BCUT2D eigenvalue weighted by Gasteiger charge is -2.07. The summed E-state index contributed by atoms with van der Waals surface area (Å²) in [6.07, 6.45) is 2.00. The molecular weight excluding hydrogens is 280 g/mol. The van der Waals surface area contributed by atoms with Crippen LogP contribution in [-0.4, -0.2) is 31.3 Å². The van der Waals surface area contributed by atoms with Crippen molar-refractivity contribution in [3.63, 3.8) is 0 Å². The Bertz CT molecular complexity index is 727. The van der Waals surface area contributed by atoms with E-state index in [1.165, 1.54) is 10.8 Å². The van der Waals surface area contributed by atoms with Gasteiger partial charge in [-0.1, -0.05) is 23.7 Å². The highest BCUT2D eigenvalue weighted by molar-refractivity contribution is 6.29. The molecule has 0 saturated heterocycles. The molecule has 0 saturated carbocycles. The first-order valence-electron chi connectivity index (χ1n) is 6.00. The van der Waals surface area contributed by atoms with Crippen molar-refractivity contribution >= 4 is 17.4 Å². The summed E-state index contributed by atoms with van der Waals surface area (Å²) < 4.78 is 7.20. The highest BCUT2D eigenvalue weighted by Crippen LogP contribution is 2.23. The summed E-state index contributed by atoms with van der Waals surface area (Å²) in [7, 11) is 0. The number of aliphatic hydroxyl groups is 1. The Kier molecular flexibility index (Phi) is 3.49. The Hall–Kier alpha value is -2.18. The van der Waals surface area contributed by atoms with E-state index in [-0.39, 0.29) is 11.8 Å².